The minimum absolute atomic E-state index is 0.0894. The molecule has 0 bridgehead atoms. The molecule has 1 aromatic heterocycles. The van der Waals surface area contributed by atoms with Gasteiger partial charge in [-0.2, -0.15) is 0 Å². The first-order valence-electron chi connectivity index (χ1n) is 7.54. The van der Waals surface area contributed by atoms with Crippen LogP contribution in [0, 0.1) is 0 Å². The number of hydrogen-bond acceptors (Lipinski definition) is 5. The molecule has 3 rings (SSSR count). The van der Waals surface area contributed by atoms with Crippen LogP contribution in [0.15, 0.2) is 6.07 Å². The van der Waals surface area contributed by atoms with Gasteiger partial charge >= 0.3 is 0 Å². The Morgan fingerprint density at radius 3 is 2.48 bits per heavy atom. The number of likely N-dealkylation sites (tertiary alicyclic amines) is 1. The molecule has 1 amide bonds. The zero-order valence-corrected chi connectivity index (χ0v) is 15.6. The number of rotatable bonds is 3. The highest BCUT2D eigenvalue weighted by atomic mass is 35.5. The van der Waals surface area contributed by atoms with Crippen LogP contribution in [0.4, 0.5) is 0 Å². The van der Waals surface area contributed by atoms with Gasteiger partial charge in [0.2, 0.25) is 0 Å². The zero-order valence-electron chi connectivity index (χ0n) is 12.4. The van der Waals surface area contributed by atoms with Crippen LogP contribution in [0.5, 0.6) is 0 Å². The van der Waals surface area contributed by atoms with Crippen molar-refractivity contribution in [2.45, 2.75) is 31.3 Å². The molecule has 1 aromatic rings. The maximum atomic E-state index is 12.2. The maximum Gasteiger partial charge on any atom is 0.253 e. The number of piperidine rings is 1. The lowest BCUT2D eigenvalue weighted by molar-refractivity contribution is 0.0898. The number of carbonyl (C=O) groups excluding carboxylic acids is 1. The van der Waals surface area contributed by atoms with E-state index in [0.717, 1.165) is 32.4 Å². The number of halogens is 2. The van der Waals surface area contributed by atoms with Crippen LogP contribution in [0.2, 0.25) is 8.67 Å². The molecule has 1 N–H and O–H groups in total. The molecule has 1 atom stereocenters. The van der Waals surface area contributed by atoms with Gasteiger partial charge in [0.05, 0.1) is 21.4 Å². The molecule has 0 radical (unpaired) electrons. The fraction of sp³-hybridized carbons (Fsp3) is 0.643. The highest BCUT2D eigenvalue weighted by Crippen LogP contribution is 2.31. The summed E-state index contributed by atoms with van der Waals surface area (Å²) >= 11 is 13.0. The van der Waals surface area contributed by atoms with E-state index in [0.29, 0.717) is 20.0 Å². The van der Waals surface area contributed by atoms with Crippen molar-refractivity contribution in [3.63, 3.8) is 0 Å². The van der Waals surface area contributed by atoms with Crippen molar-refractivity contribution < 1.29 is 13.2 Å². The summed E-state index contributed by atoms with van der Waals surface area (Å²) in [6.45, 7) is 1.62. The van der Waals surface area contributed by atoms with Crippen molar-refractivity contribution in [2.75, 3.05) is 24.6 Å². The first-order valence-corrected chi connectivity index (χ1v) is 10.9. The highest BCUT2D eigenvalue weighted by molar-refractivity contribution is 7.91. The Balaban J connectivity index is 1.51. The van der Waals surface area contributed by atoms with E-state index >= 15 is 0 Å². The topological polar surface area (TPSA) is 66.5 Å². The molecule has 2 saturated heterocycles. The molecule has 128 valence electrons. The summed E-state index contributed by atoms with van der Waals surface area (Å²) in [5.74, 6) is 0.374. The van der Waals surface area contributed by atoms with Gasteiger partial charge in [0, 0.05) is 25.2 Å². The molecule has 2 aliphatic rings. The van der Waals surface area contributed by atoms with Gasteiger partial charge in [0.25, 0.3) is 5.91 Å². The van der Waals surface area contributed by atoms with Gasteiger partial charge in [-0.05, 0) is 25.3 Å². The quantitative estimate of drug-likeness (QED) is 0.851. The van der Waals surface area contributed by atoms with Crippen LogP contribution in [-0.2, 0) is 9.84 Å². The monoisotopic (exact) mass is 396 g/mol. The van der Waals surface area contributed by atoms with Crippen LogP contribution < -0.4 is 5.32 Å². The Morgan fingerprint density at radius 1 is 1.26 bits per heavy atom. The number of carbonyl (C=O) groups is 1. The second kappa shape index (κ2) is 6.88. The molecule has 2 aliphatic heterocycles. The Bertz CT molecular complexity index is 697. The van der Waals surface area contributed by atoms with Gasteiger partial charge in [0.1, 0.15) is 4.34 Å². The van der Waals surface area contributed by atoms with E-state index in [9.17, 15) is 13.2 Å². The largest absolute Gasteiger partial charge is 0.349 e. The Morgan fingerprint density at radius 2 is 1.96 bits per heavy atom. The highest BCUT2D eigenvalue weighted by Gasteiger charge is 2.34. The van der Waals surface area contributed by atoms with Crippen molar-refractivity contribution in [3.05, 3.63) is 20.3 Å². The third kappa shape index (κ3) is 4.20. The molecule has 0 saturated carbocycles. The lowest BCUT2D eigenvalue weighted by Crippen LogP contribution is -2.48. The number of nitrogens with one attached hydrogen (secondary N) is 1. The number of thiophene rings is 1. The zero-order chi connectivity index (χ0) is 16.6. The third-order valence-electron chi connectivity index (χ3n) is 4.49. The molecule has 3 heterocycles. The fourth-order valence-electron chi connectivity index (χ4n) is 3.23. The van der Waals surface area contributed by atoms with Gasteiger partial charge in [0.15, 0.2) is 9.84 Å². The molecule has 0 spiro atoms. The lowest BCUT2D eigenvalue weighted by Gasteiger charge is -2.35. The lowest BCUT2D eigenvalue weighted by atomic mass is 10.0. The van der Waals surface area contributed by atoms with Gasteiger partial charge in [-0.3, -0.25) is 9.69 Å². The normalized spacial score (nSPS) is 25.6. The van der Waals surface area contributed by atoms with Crippen LogP contribution in [-0.4, -0.2) is 55.9 Å². The summed E-state index contributed by atoms with van der Waals surface area (Å²) in [5, 5.41) is 3.00. The Labute approximate surface area is 149 Å². The van der Waals surface area contributed by atoms with Crippen LogP contribution in [0.25, 0.3) is 0 Å². The van der Waals surface area contributed by atoms with Crippen molar-refractivity contribution in [2.24, 2.45) is 0 Å². The SMILES string of the molecule is O=C(NC1CCN([C@@H]2CCS(=O)(=O)C2)CC1)c1cc(Cl)sc1Cl. The summed E-state index contributed by atoms with van der Waals surface area (Å²) in [7, 11) is -2.85. The molecule has 2 fully saturated rings. The second-order valence-corrected chi connectivity index (χ2v) is 10.6. The average Bonchev–Trinajstić information content (AvgIpc) is 3.01. The molecule has 0 aliphatic carbocycles. The first kappa shape index (κ1) is 17.5. The summed E-state index contributed by atoms with van der Waals surface area (Å²) in [5.41, 5.74) is 0.422. The summed E-state index contributed by atoms with van der Waals surface area (Å²) < 4.78 is 24.1. The molecule has 23 heavy (non-hydrogen) atoms. The maximum absolute atomic E-state index is 12.2. The van der Waals surface area contributed by atoms with Crippen molar-refractivity contribution >= 4 is 50.3 Å². The van der Waals surface area contributed by atoms with E-state index in [1.54, 1.807) is 6.07 Å². The van der Waals surface area contributed by atoms with E-state index in [-0.39, 0.29) is 23.7 Å². The smallest absolute Gasteiger partial charge is 0.253 e. The Kier molecular flexibility index (Phi) is 5.23. The van der Waals surface area contributed by atoms with E-state index in [1.165, 1.54) is 11.3 Å². The number of sulfone groups is 1. The standard InChI is InChI=1S/C14H18Cl2N2O3S2/c15-12-7-11(13(16)22-12)14(19)17-9-1-4-18(5-2-9)10-3-6-23(20,21)8-10/h7,9-10H,1-6,8H2,(H,17,19)/t10-/m1/s1. The average molecular weight is 397 g/mol. The van der Waals surface area contributed by atoms with Crippen LogP contribution in [0.1, 0.15) is 29.6 Å². The molecule has 5 nitrogen and oxygen atoms in total. The fourth-order valence-corrected chi connectivity index (χ4v) is 6.45. The van der Waals surface area contributed by atoms with E-state index in [1.807, 2.05) is 0 Å². The molecule has 0 unspecified atom stereocenters. The van der Waals surface area contributed by atoms with E-state index < -0.39 is 9.84 Å². The molecule has 9 heteroatoms. The van der Waals surface area contributed by atoms with Crippen LogP contribution in [0.3, 0.4) is 0 Å². The van der Waals surface area contributed by atoms with Gasteiger partial charge < -0.3 is 5.32 Å². The van der Waals surface area contributed by atoms with E-state index in [4.69, 9.17) is 23.2 Å². The van der Waals surface area contributed by atoms with Crippen molar-refractivity contribution in [1.82, 2.24) is 10.2 Å². The third-order valence-corrected chi connectivity index (χ3v) is 7.73. The predicted octanol–water partition coefficient (Wildman–Crippen LogP) is 2.44. The second-order valence-electron chi connectivity index (χ2n) is 6.08. The molecular formula is C14H18Cl2N2O3S2. The predicted molar refractivity (Wildman–Crippen MR) is 93.5 cm³/mol. The van der Waals surface area contributed by atoms with Crippen LogP contribution >= 0.6 is 34.5 Å². The minimum atomic E-state index is -2.85. The van der Waals surface area contributed by atoms with Gasteiger partial charge in [-0.1, -0.05) is 23.2 Å². The van der Waals surface area contributed by atoms with Crippen molar-refractivity contribution in [3.8, 4) is 0 Å². The van der Waals surface area contributed by atoms with Gasteiger partial charge in [-0.15, -0.1) is 11.3 Å². The number of amides is 1. The molecule has 0 aromatic carbocycles. The number of nitrogens with zero attached hydrogens (tertiary/aromatic N) is 1. The van der Waals surface area contributed by atoms with Crippen molar-refractivity contribution in [1.29, 1.82) is 0 Å². The summed E-state index contributed by atoms with van der Waals surface area (Å²) in [6.07, 6.45) is 2.36. The van der Waals surface area contributed by atoms with E-state index in [2.05, 4.69) is 10.2 Å². The van der Waals surface area contributed by atoms with Gasteiger partial charge in [-0.25, -0.2) is 8.42 Å². The summed E-state index contributed by atoms with van der Waals surface area (Å²) in [4.78, 5) is 14.5. The summed E-state index contributed by atoms with van der Waals surface area (Å²) in [6, 6.07) is 1.82. The number of hydrogen-bond donors (Lipinski definition) is 1. The minimum Gasteiger partial charge on any atom is -0.349 e. The first-order chi connectivity index (χ1) is 10.8. The molecular weight excluding hydrogens is 379 g/mol. The Hall–Kier alpha value is -0.340.